The molecule has 0 bridgehead atoms. The first-order chi connectivity index (χ1) is 16.9. The van der Waals surface area contributed by atoms with Crippen molar-refractivity contribution < 1.29 is 28.9 Å². The topological polar surface area (TPSA) is 88.5 Å². The maximum atomic E-state index is 13.2. The van der Waals surface area contributed by atoms with Crippen LogP contribution in [0.4, 0.5) is 0 Å². The molecule has 8 heteroatoms. The average Bonchev–Trinajstić information content (AvgIpc) is 3.14. The van der Waals surface area contributed by atoms with Crippen molar-refractivity contribution in [1.29, 1.82) is 0 Å². The molecular weight excluding hydrogens is 448 g/mol. The highest BCUT2D eigenvalue weighted by molar-refractivity contribution is 6.46. The van der Waals surface area contributed by atoms with Crippen LogP contribution in [0.2, 0.25) is 0 Å². The van der Waals surface area contributed by atoms with Gasteiger partial charge in [0, 0.05) is 18.7 Å². The Morgan fingerprint density at radius 3 is 2.20 bits per heavy atom. The first-order valence-corrected chi connectivity index (χ1v) is 11.9. The largest absolute Gasteiger partial charge is 0.507 e. The molecule has 1 N–H and O–H groups in total. The van der Waals surface area contributed by atoms with E-state index in [1.807, 2.05) is 19.1 Å². The summed E-state index contributed by atoms with van der Waals surface area (Å²) in [6, 6.07) is 11.4. The number of amides is 1. The number of methoxy groups -OCH3 is 2. The molecular formula is C27H34N2O6. The fourth-order valence-electron chi connectivity index (χ4n) is 4.30. The number of carbonyl (C=O) groups is 2. The maximum absolute atomic E-state index is 13.2. The van der Waals surface area contributed by atoms with Crippen molar-refractivity contribution in [2.45, 2.75) is 26.8 Å². The van der Waals surface area contributed by atoms with E-state index in [1.54, 1.807) is 35.2 Å². The zero-order valence-corrected chi connectivity index (χ0v) is 21.0. The molecule has 8 nitrogen and oxygen atoms in total. The van der Waals surface area contributed by atoms with Crippen molar-refractivity contribution in [2.75, 3.05) is 47.0 Å². The molecule has 0 unspecified atom stereocenters. The molecule has 1 heterocycles. The standard InChI is InChI=1S/C27H34N2O6/c1-6-28(7-2)15-16-29-24(18-9-12-20(13-10-18)35-8-3)23(26(31)27(29)32)25(30)19-11-14-21(33-4)22(17-19)34-5/h9-14,17,24,30H,6-8,15-16H2,1-5H3/t24-/m0/s1. The Morgan fingerprint density at radius 2 is 1.63 bits per heavy atom. The molecule has 1 fully saturated rings. The Bertz CT molecular complexity index is 1080. The van der Waals surface area contributed by atoms with Gasteiger partial charge < -0.3 is 29.1 Å². The van der Waals surface area contributed by atoms with E-state index < -0.39 is 17.7 Å². The number of ketones is 1. The van der Waals surface area contributed by atoms with Gasteiger partial charge in [0.05, 0.1) is 32.4 Å². The quantitative estimate of drug-likeness (QED) is 0.296. The molecule has 1 saturated heterocycles. The fourth-order valence-corrected chi connectivity index (χ4v) is 4.30. The molecule has 1 aliphatic rings. The summed E-state index contributed by atoms with van der Waals surface area (Å²) in [6.45, 7) is 9.17. The van der Waals surface area contributed by atoms with Crippen LogP contribution in [-0.2, 0) is 9.59 Å². The van der Waals surface area contributed by atoms with Gasteiger partial charge in [-0.3, -0.25) is 9.59 Å². The zero-order chi connectivity index (χ0) is 25.5. The minimum Gasteiger partial charge on any atom is -0.507 e. The van der Waals surface area contributed by atoms with Crippen LogP contribution in [0.1, 0.15) is 37.9 Å². The summed E-state index contributed by atoms with van der Waals surface area (Å²) in [5.74, 6) is -0.00439. The fraction of sp³-hybridized carbons (Fsp3) is 0.407. The van der Waals surface area contributed by atoms with E-state index >= 15 is 0 Å². The highest BCUT2D eigenvalue weighted by Crippen LogP contribution is 2.41. The maximum Gasteiger partial charge on any atom is 0.295 e. The third-order valence-electron chi connectivity index (χ3n) is 6.26. The SMILES string of the molecule is CCOc1ccc([C@H]2C(=C(O)c3ccc(OC)c(OC)c3)C(=O)C(=O)N2CCN(CC)CC)cc1. The Kier molecular flexibility index (Phi) is 8.76. The summed E-state index contributed by atoms with van der Waals surface area (Å²) in [4.78, 5) is 30.1. The van der Waals surface area contributed by atoms with Gasteiger partial charge in [0.25, 0.3) is 11.7 Å². The van der Waals surface area contributed by atoms with Crippen LogP contribution in [0, 0.1) is 0 Å². The smallest absolute Gasteiger partial charge is 0.295 e. The lowest BCUT2D eigenvalue weighted by molar-refractivity contribution is -0.140. The molecule has 188 valence electrons. The van der Waals surface area contributed by atoms with Gasteiger partial charge >= 0.3 is 0 Å². The van der Waals surface area contributed by atoms with Crippen molar-refractivity contribution in [3.8, 4) is 17.2 Å². The minimum atomic E-state index is -0.727. The zero-order valence-electron chi connectivity index (χ0n) is 21.0. The molecule has 0 aliphatic carbocycles. The van der Waals surface area contributed by atoms with Crippen LogP contribution in [0.5, 0.6) is 17.2 Å². The predicted octanol–water partition coefficient (Wildman–Crippen LogP) is 3.87. The molecule has 1 aliphatic heterocycles. The summed E-state index contributed by atoms with van der Waals surface area (Å²) in [6.07, 6.45) is 0. The summed E-state index contributed by atoms with van der Waals surface area (Å²) in [5, 5.41) is 11.3. The Hall–Kier alpha value is -3.52. The number of hydrogen-bond acceptors (Lipinski definition) is 7. The third-order valence-corrected chi connectivity index (χ3v) is 6.26. The summed E-state index contributed by atoms with van der Waals surface area (Å²) < 4.78 is 16.2. The van der Waals surface area contributed by atoms with Gasteiger partial charge in [-0.15, -0.1) is 0 Å². The first-order valence-electron chi connectivity index (χ1n) is 11.9. The molecule has 0 spiro atoms. The van der Waals surface area contributed by atoms with Gasteiger partial charge in [-0.2, -0.15) is 0 Å². The molecule has 1 atom stereocenters. The number of hydrogen-bond donors (Lipinski definition) is 1. The van der Waals surface area contributed by atoms with Crippen LogP contribution in [0.25, 0.3) is 5.76 Å². The minimum absolute atomic E-state index is 0.0472. The van der Waals surface area contributed by atoms with Crippen LogP contribution in [0.15, 0.2) is 48.0 Å². The highest BCUT2D eigenvalue weighted by atomic mass is 16.5. The third kappa shape index (κ3) is 5.43. The van der Waals surface area contributed by atoms with E-state index in [4.69, 9.17) is 14.2 Å². The molecule has 2 aromatic carbocycles. The molecule has 2 aromatic rings. The summed E-state index contributed by atoms with van der Waals surface area (Å²) >= 11 is 0. The summed E-state index contributed by atoms with van der Waals surface area (Å²) in [7, 11) is 3.01. The Balaban J connectivity index is 2.11. The Morgan fingerprint density at radius 1 is 0.971 bits per heavy atom. The van der Waals surface area contributed by atoms with Gasteiger partial charge in [0.15, 0.2) is 11.5 Å². The molecule has 0 saturated carbocycles. The number of Topliss-reactive ketones (excluding diaryl/α,β-unsaturated/α-hetero) is 1. The lowest BCUT2D eigenvalue weighted by Gasteiger charge is -2.28. The lowest BCUT2D eigenvalue weighted by Crippen LogP contribution is -2.38. The van der Waals surface area contributed by atoms with Crippen LogP contribution < -0.4 is 14.2 Å². The number of likely N-dealkylation sites (N-methyl/N-ethyl adjacent to an activating group) is 1. The lowest BCUT2D eigenvalue weighted by atomic mass is 9.95. The number of benzene rings is 2. The van der Waals surface area contributed by atoms with Crippen molar-refractivity contribution in [2.24, 2.45) is 0 Å². The van der Waals surface area contributed by atoms with Gasteiger partial charge in [0.1, 0.15) is 11.5 Å². The number of carbonyl (C=O) groups excluding carboxylic acids is 2. The molecule has 0 aromatic heterocycles. The van der Waals surface area contributed by atoms with Gasteiger partial charge in [-0.05, 0) is 55.9 Å². The molecule has 35 heavy (non-hydrogen) atoms. The average molecular weight is 483 g/mol. The van der Waals surface area contributed by atoms with E-state index in [0.717, 1.165) is 13.1 Å². The van der Waals surface area contributed by atoms with Crippen molar-refractivity contribution in [3.05, 3.63) is 59.2 Å². The van der Waals surface area contributed by atoms with Crippen molar-refractivity contribution in [1.82, 2.24) is 9.80 Å². The number of aliphatic hydroxyl groups excluding tert-OH is 1. The van der Waals surface area contributed by atoms with E-state index in [0.29, 0.717) is 48.1 Å². The highest BCUT2D eigenvalue weighted by Gasteiger charge is 2.46. The van der Waals surface area contributed by atoms with Crippen molar-refractivity contribution >= 4 is 17.4 Å². The number of rotatable bonds is 11. The monoisotopic (exact) mass is 482 g/mol. The number of aliphatic hydroxyl groups is 1. The predicted molar refractivity (Wildman–Crippen MR) is 134 cm³/mol. The normalized spacial score (nSPS) is 17.2. The second-order valence-electron chi connectivity index (χ2n) is 8.09. The van der Waals surface area contributed by atoms with E-state index in [-0.39, 0.29) is 11.3 Å². The van der Waals surface area contributed by atoms with E-state index in [1.165, 1.54) is 14.2 Å². The van der Waals surface area contributed by atoms with E-state index in [2.05, 4.69) is 18.7 Å². The second-order valence-corrected chi connectivity index (χ2v) is 8.09. The van der Waals surface area contributed by atoms with Gasteiger partial charge in [-0.1, -0.05) is 26.0 Å². The van der Waals surface area contributed by atoms with Crippen LogP contribution >= 0.6 is 0 Å². The second kappa shape index (κ2) is 11.8. The van der Waals surface area contributed by atoms with E-state index in [9.17, 15) is 14.7 Å². The van der Waals surface area contributed by atoms with Crippen LogP contribution in [0.3, 0.4) is 0 Å². The Labute approximate surface area is 206 Å². The van der Waals surface area contributed by atoms with Gasteiger partial charge in [0.2, 0.25) is 0 Å². The van der Waals surface area contributed by atoms with Crippen molar-refractivity contribution in [3.63, 3.8) is 0 Å². The summed E-state index contributed by atoms with van der Waals surface area (Å²) in [5.41, 5.74) is 1.13. The number of nitrogens with zero attached hydrogens (tertiary/aromatic N) is 2. The van der Waals surface area contributed by atoms with Gasteiger partial charge in [-0.25, -0.2) is 0 Å². The molecule has 3 rings (SSSR count). The first kappa shape index (κ1) is 26.1. The number of likely N-dealkylation sites (tertiary alicyclic amines) is 1. The number of ether oxygens (including phenoxy) is 3. The molecule has 0 radical (unpaired) electrons. The molecule has 1 amide bonds. The van der Waals surface area contributed by atoms with Crippen LogP contribution in [-0.4, -0.2) is 73.6 Å².